The maximum atomic E-state index is 13.7. The van der Waals surface area contributed by atoms with Crippen LogP contribution in [-0.2, 0) is 6.54 Å². The lowest BCUT2D eigenvalue weighted by Crippen LogP contribution is -2.10. The molecule has 0 bridgehead atoms. The Morgan fingerprint density at radius 3 is 2.72 bits per heavy atom. The van der Waals surface area contributed by atoms with Gasteiger partial charge in [-0.3, -0.25) is 0 Å². The first-order valence-corrected chi connectivity index (χ1v) is 6.35. The Hall–Kier alpha value is -1.20. The largest absolute Gasteiger partial charge is 0.460 e. The zero-order valence-corrected chi connectivity index (χ0v) is 11.4. The van der Waals surface area contributed by atoms with Crippen LogP contribution < -0.4 is 5.32 Å². The van der Waals surface area contributed by atoms with Crippen molar-refractivity contribution in [2.45, 2.75) is 13.5 Å². The van der Waals surface area contributed by atoms with Gasteiger partial charge in [0.25, 0.3) is 0 Å². The third-order valence-corrected chi connectivity index (χ3v) is 3.09. The van der Waals surface area contributed by atoms with E-state index in [1.807, 2.05) is 6.92 Å². The Morgan fingerprint density at radius 2 is 2.00 bits per heavy atom. The van der Waals surface area contributed by atoms with Crippen LogP contribution in [0.25, 0.3) is 11.3 Å². The zero-order chi connectivity index (χ0) is 13.1. The van der Waals surface area contributed by atoms with Gasteiger partial charge in [-0.15, -0.1) is 0 Å². The van der Waals surface area contributed by atoms with Crippen LogP contribution in [-0.4, -0.2) is 6.54 Å². The summed E-state index contributed by atoms with van der Waals surface area (Å²) in [6.45, 7) is 3.36. The number of furan rings is 1. The monoisotopic (exact) mass is 315 g/mol. The molecule has 0 aliphatic carbocycles. The summed E-state index contributed by atoms with van der Waals surface area (Å²) >= 11 is 2.94. The van der Waals surface area contributed by atoms with Gasteiger partial charge in [0.1, 0.15) is 23.2 Å². The molecule has 0 saturated heterocycles. The minimum Gasteiger partial charge on any atom is -0.460 e. The quantitative estimate of drug-likeness (QED) is 0.859. The van der Waals surface area contributed by atoms with Crippen LogP contribution in [0.1, 0.15) is 12.7 Å². The predicted octanol–water partition coefficient (Wildman–Crippen LogP) is 4.10. The molecular weight excluding hydrogens is 304 g/mol. The minimum atomic E-state index is -0.521. The van der Waals surface area contributed by atoms with E-state index in [1.54, 1.807) is 12.1 Å². The smallest absolute Gasteiger partial charge is 0.138 e. The SMILES string of the molecule is CCNCc1ccc(-c2cc(F)c(Br)cc2F)o1. The molecule has 0 amide bonds. The Balaban J connectivity index is 2.31. The molecular formula is C13H12BrF2NO. The average molecular weight is 316 g/mol. The lowest BCUT2D eigenvalue weighted by molar-refractivity contribution is 0.494. The molecule has 2 rings (SSSR count). The van der Waals surface area contributed by atoms with Crippen molar-refractivity contribution in [3.8, 4) is 11.3 Å². The van der Waals surface area contributed by atoms with Crippen LogP contribution in [0.4, 0.5) is 8.78 Å². The van der Waals surface area contributed by atoms with E-state index >= 15 is 0 Å². The second-order valence-electron chi connectivity index (χ2n) is 3.79. The summed E-state index contributed by atoms with van der Waals surface area (Å²) in [7, 11) is 0. The third-order valence-electron chi connectivity index (χ3n) is 2.49. The maximum absolute atomic E-state index is 13.7. The average Bonchev–Trinajstić information content (AvgIpc) is 2.79. The summed E-state index contributed by atoms with van der Waals surface area (Å²) in [5.74, 6) is -0.0231. The van der Waals surface area contributed by atoms with Crippen molar-refractivity contribution in [1.29, 1.82) is 0 Å². The second-order valence-corrected chi connectivity index (χ2v) is 4.65. The van der Waals surface area contributed by atoms with Crippen LogP contribution in [0.5, 0.6) is 0 Å². The molecule has 0 aliphatic heterocycles. The number of benzene rings is 1. The van der Waals surface area contributed by atoms with Gasteiger partial charge in [0.05, 0.1) is 16.6 Å². The highest BCUT2D eigenvalue weighted by atomic mass is 79.9. The molecule has 0 spiro atoms. The van der Waals surface area contributed by atoms with Gasteiger partial charge in [-0.2, -0.15) is 0 Å². The molecule has 2 nitrogen and oxygen atoms in total. The number of nitrogens with one attached hydrogen (secondary N) is 1. The molecule has 0 atom stereocenters. The molecule has 2 aromatic rings. The Labute approximate surface area is 112 Å². The lowest BCUT2D eigenvalue weighted by atomic mass is 10.1. The third kappa shape index (κ3) is 2.79. The molecule has 18 heavy (non-hydrogen) atoms. The standard InChI is InChI=1S/C13H12BrF2NO/c1-2-17-7-8-3-4-13(18-8)9-5-12(16)10(14)6-11(9)15/h3-6,17H,2,7H2,1H3. The molecule has 1 N–H and O–H groups in total. The van der Waals surface area contributed by atoms with Gasteiger partial charge in [-0.1, -0.05) is 6.92 Å². The van der Waals surface area contributed by atoms with E-state index in [-0.39, 0.29) is 10.0 Å². The van der Waals surface area contributed by atoms with Crippen molar-refractivity contribution in [2.75, 3.05) is 6.54 Å². The van der Waals surface area contributed by atoms with Gasteiger partial charge < -0.3 is 9.73 Å². The number of hydrogen-bond acceptors (Lipinski definition) is 2. The molecule has 0 aliphatic rings. The first-order chi connectivity index (χ1) is 8.61. The fourth-order valence-electron chi connectivity index (χ4n) is 1.58. The van der Waals surface area contributed by atoms with Crippen LogP contribution in [0, 0.1) is 11.6 Å². The minimum absolute atomic E-state index is 0.100. The summed E-state index contributed by atoms with van der Waals surface area (Å²) in [5.41, 5.74) is 0.124. The number of halogens is 3. The normalized spacial score (nSPS) is 10.9. The van der Waals surface area contributed by atoms with E-state index < -0.39 is 11.6 Å². The molecule has 1 aromatic carbocycles. The summed E-state index contributed by atoms with van der Waals surface area (Å²) in [5, 5.41) is 3.10. The zero-order valence-electron chi connectivity index (χ0n) is 9.77. The summed E-state index contributed by atoms with van der Waals surface area (Å²) < 4.78 is 32.7. The van der Waals surface area contributed by atoms with Crippen molar-refractivity contribution in [3.63, 3.8) is 0 Å². The Morgan fingerprint density at radius 1 is 1.22 bits per heavy atom. The predicted molar refractivity (Wildman–Crippen MR) is 69.1 cm³/mol. The van der Waals surface area contributed by atoms with Gasteiger partial charge >= 0.3 is 0 Å². The van der Waals surface area contributed by atoms with Crippen LogP contribution in [0.2, 0.25) is 0 Å². The van der Waals surface area contributed by atoms with Crippen LogP contribution in [0.3, 0.4) is 0 Å². The highest BCUT2D eigenvalue weighted by Crippen LogP contribution is 2.29. The van der Waals surface area contributed by atoms with E-state index in [0.717, 1.165) is 18.7 Å². The molecule has 96 valence electrons. The van der Waals surface area contributed by atoms with Crippen molar-refractivity contribution in [2.24, 2.45) is 0 Å². The molecule has 0 fully saturated rings. The van der Waals surface area contributed by atoms with Crippen LogP contribution in [0.15, 0.2) is 33.2 Å². The van der Waals surface area contributed by atoms with Gasteiger partial charge in [-0.25, -0.2) is 8.78 Å². The fraction of sp³-hybridized carbons (Fsp3) is 0.231. The van der Waals surface area contributed by atoms with Crippen molar-refractivity contribution in [3.05, 3.63) is 46.1 Å². The first-order valence-electron chi connectivity index (χ1n) is 5.56. The lowest BCUT2D eigenvalue weighted by Gasteiger charge is -2.02. The van der Waals surface area contributed by atoms with Gasteiger partial charge in [0, 0.05) is 0 Å². The molecule has 0 radical (unpaired) electrons. The van der Waals surface area contributed by atoms with Gasteiger partial charge in [0.15, 0.2) is 0 Å². The van der Waals surface area contributed by atoms with Gasteiger partial charge in [-0.05, 0) is 46.7 Å². The van der Waals surface area contributed by atoms with E-state index in [9.17, 15) is 8.78 Å². The second kappa shape index (κ2) is 5.63. The van der Waals surface area contributed by atoms with E-state index in [0.29, 0.717) is 18.1 Å². The van der Waals surface area contributed by atoms with Crippen molar-refractivity contribution in [1.82, 2.24) is 5.32 Å². The first kappa shape index (κ1) is 13.2. The Bertz CT molecular complexity index is 554. The summed E-state index contributed by atoms with van der Waals surface area (Å²) in [6, 6.07) is 5.60. The van der Waals surface area contributed by atoms with E-state index in [4.69, 9.17) is 4.42 Å². The van der Waals surface area contributed by atoms with E-state index in [2.05, 4.69) is 21.2 Å². The van der Waals surface area contributed by atoms with Crippen molar-refractivity contribution >= 4 is 15.9 Å². The molecule has 0 unspecified atom stereocenters. The maximum Gasteiger partial charge on any atom is 0.138 e. The number of rotatable bonds is 4. The summed E-state index contributed by atoms with van der Waals surface area (Å²) in [6.07, 6.45) is 0. The van der Waals surface area contributed by atoms with Crippen LogP contribution >= 0.6 is 15.9 Å². The number of hydrogen-bond donors (Lipinski definition) is 1. The molecule has 0 saturated carbocycles. The fourth-order valence-corrected chi connectivity index (χ4v) is 1.89. The topological polar surface area (TPSA) is 25.2 Å². The van der Waals surface area contributed by atoms with Crippen molar-refractivity contribution < 1.29 is 13.2 Å². The molecule has 5 heteroatoms. The highest BCUT2D eigenvalue weighted by molar-refractivity contribution is 9.10. The molecule has 1 aromatic heterocycles. The Kier molecular flexibility index (Phi) is 4.14. The molecule has 1 heterocycles. The van der Waals surface area contributed by atoms with Gasteiger partial charge in [0.2, 0.25) is 0 Å². The van der Waals surface area contributed by atoms with E-state index in [1.165, 1.54) is 0 Å². The highest BCUT2D eigenvalue weighted by Gasteiger charge is 2.13. The summed E-state index contributed by atoms with van der Waals surface area (Å²) in [4.78, 5) is 0.